The highest BCUT2D eigenvalue weighted by Gasteiger charge is 2.46. The van der Waals surface area contributed by atoms with E-state index in [0.29, 0.717) is 17.6 Å². The molecule has 0 fully saturated rings. The van der Waals surface area contributed by atoms with Crippen LogP contribution in [-0.2, 0) is 5.41 Å². The Hall–Kier alpha value is -11.9. The van der Waals surface area contributed by atoms with Gasteiger partial charge in [0.1, 0.15) is 0 Å². The number of hydrogen-bond donors (Lipinski definition) is 0. The lowest BCUT2D eigenvalue weighted by molar-refractivity contribution is 0.769. The quantitative estimate of drug-likeness (QED) is 0.122. The fraction of sp³-hybridized carbons (Fsp3) is 0.0341. The van der Waals surface area contributed by atoms with Gasteiger partial charge >= 0.3 is 0 Å². The average Bonchev–Trinajstić information content (AvgIpc) is 1.52. The molecule has 2 aromatic heterocycles. The monoisotopic (exact) mass is 1170 g/mol. The van der Waals surface area contributed by atoms with E-state index < -0.39 is 5.41 Å². The van der Waals surface area contributed by atoms with Gasteiger partial charge in [0.15, 0.2) is 11.6 Å². The van der Waals surface area contributed by atoms with E-state index in [1.807, 2.05) is 0 Å². The van der Waals surface area contributed by atoms with Crippen molar-refractivity contribution >= 4 is 21.8 Å². The number of benzene rings is 13. The molecule has 2 heterocycles. The van der Waals surface area contributed by atoms with E-state index in [-0.39, 0.29) is 5.92 Å². The van der Waals surface area contributed by atoms with Gasteiger partial charge < -0.3 is 0 Å². The minimum absolute atomic E-state index is 0.256. The zero-order valence-electron chi connectivity index (χ0n) is 50.5. The lowest BCUT2D eigenvalue weighted by atomic mass is 9.67. The Labute approximate surface area is 536 Å². The third-order valence-electron chi connectivity index (χ3n) is 18.8. The lowest BCUT2D eigenvalue weighted by Gasteiger charge is -2.34. The molecule has 17 rings (SSSR count). The summed E-state index contributed by atoms with van der Waals surface area (Å²) in [5.74, 6) is 1.89. The molecule has 2 aliphatic rings. The number of rotatable bonds is 12. The molecular formula is C88H60N4. The second-order valence-electron chi connectivity index (χ2n) is 24.2. The molecule has 1 unspecified atom stereocenters. The van der Waals surface area contributed by atoms with Crippen molar-refractivity contribution in [1.82, 2.24) is 19.5 Å². The molecule has 15 aromatic rings. The fourth-order valence-electron chi connectivity index (χ4n) is 14.4. The van der Waals surface area contributed by atoms with Crippen LogP contribution in [-0.4, -0.2) is 19.5 Å². The molecule has 1 atom stereocenters. The standard InChI is InChI=1S/C88H60N4/c1-9-27-59(28-10-1)66-47-67(60-29-11-2-12-30-60)51-72(50-66)65-45-46-83-79(56-65)80-57-78-77-43-25-26-44-81(77)88(75-39-21-7-22-40-75,76-41-23-8-24-42-76)82(78)58-84(80)92(83)87-90-85(73-52-68(61-31-13-3-14-32-61)48-69(53-73)62-33-15-4-16-34-62)89-86(91-87)74-54-70(63-35-17-5-18-36-63)49-71(55-74)64-37-19-6-20-38-64/h1-29,31-58,60H,30H2. The number of aromatic nitrogens is 4. The van der Waals surface area contributed by atoms with E-state index in [1.54, 1.807) is 0 Å². The van der Waals surface area contributed by atoms with Gasteiger partial charge in [0, 0.05) is 27.8 Å². The van der Waals surface area contributed by atoms with Crippen LogP contribution < -0.4 is 0 Å². The third kappa shape index (κ3) is 9.60. The van der Waals surface area contributed by atoms with Crippen LogP contribution in [0.3, 0.4) is 0 Å². The summed E-state index contributed by atoms with van der Waals surface area (Å²) in [6, 6.07) is 117. The maximum atomic E-state index is 5.81. The van der Waals surface area contributed by atoms with Crippen LogP contribution in [0, 0.1) is 0 Å². The van der Waals surface area contributed by atoms with Gasteiger partial charge in [0.05, 0.1) is 16.4 Å². The number of hydrogen-bond acceptors (Lipinski definition) is 3. The zero-order chi connectivity index (χ0) is 61.0. The van der Waals surface area contributed by atoms with Crippen LogP contribution in [0.25, 0.3) is 128 Å². The van der Waals surface area contributed by atoms with Crippen molar-refractivity contribution in [2.75, 3.05) is 0 Å². The first-order chi connectivity index (χ1) is 45.6. The van der Waals surface area contributed by atoms with Crippen molar-refractivity contribution in [3.05, 3.63) is 374 Å². The van der Waals surface area contributed by atoms with Crippen LogP contribution in [0.2, 0.25) is 0 Å². The predicted molar refractivity (Wildman–Crippen MR) is 381 cm³/mol. The Morgan fingerprint density at radius 1 is 0.293 bits per heavy atom. The molecule has 0 amide bonds. The fourth-order valence-corrected chi connectivity index (χ4v) is 14.4. The number of nitrogens with zero attached hydrogens (tertiary/aromatic N) is 4. The first kappa shape index (κ1) is 54.3. The maximum Gasteiger partial charge on any atom is 0.238 e. The van der Waals surface area contributed by atoms with Crippen LogP contribution in [0.15, 0.2) is 346 Å². The molecule has 4 nitrogen and oxygen atoms in total. The summed E-state index contributed by atoms with van der Waals surface area (Å²) >= 11 is 0. The average molecular weight is 1170 g/mol. The molecule has 0 aliphatic heterocycles. The molecular weight excluding hydrogens is 1110 g/mol. The Morgan fingerprint density at radius 2 is 0.707 bits per heavy atom. The topological polar surface area (TPSA) is 43.6 Å². The SMILES string of the molecule is C1=CCC(c2cc(-c3ccccc3)cc(-c3ccc4c(c3)c3cc5c(cc3n4-c3nc(-c4cc(-c6ccccc6)cc(-c6ccccc6)c4)nc(-c4cc(-c6ccccc6)cc(-c6ccccc6)c4)n3)C(c3ccccc3)(c3ccccc3)c3ccccc3-5)c2)C=C1. The highest BCUT2D eigenvalue weighted by Crippen LogP contribution is 2.58. The normalized spacial score (nSPS) is 13.7. The van der Waals surface area contributed by atoms with Crippen molar-refractivity contribution in [1.29, 1.82) is 0 Å². The predicted octanol–water partition coefficient (Wildman–Crippen LogP) is 22.3. The highest BCUT2D eigenvalue weighted by atomic mass is 15.2. The van der Waals surface area contributed by atoms with Crippen molar-refractivity contribution in [3.8, 4) is 107 Å². The van der Waals surface area contributed by atoms with E-state index in [2.05, 4.69) is 350 Å². The molecule has 0 radical (unpaired) electrons. The second kappa shape index (κ2) is 22.9. The van der Waals surface area contributed by atoms with Crippen molar-refractivity contribution in [2.45, 2.75) is 17.8 Å². The first-order valence-electron chi connectivity index (χ1n) is 31.7. The molecule has 13 aromatic carbocycles. The summed E-state index contributed by atoms with van der Waals surface area (Å²) in [5, 5.41) is 2.20. The van der Waals surface area contributed by atoms with Crippen LogP contribution in [0.1, 0.15) is 40.2 Å². The number of fused-ring (bicyclic) bond motifs is 6. The van der Waals surface area contributed by atoms with Crippen LogP contribution >= 0.6 is 0 Å². The van der Waals surface area contributed by atoms with E-state index in [4.69, 9.17) is 15.0 Å². The molecule has 0 saturated heterocycles. The summed E-state index contributed by atoms with van der Waals surface area (Å²) in [6.45, 7) is 0. The van der Waals surface area contributed by atoms with E-state index in [0.717, 1.165) is 95.0 Å². The summed E-state index contributed by atoms with van der Waals surface area (Å²) in [6.07, 6.45) is 9.92. The van der Waals surface area contributed by atoms with Gasteiger partial charge in [0.25, 0.3) is 0 Å². The summed E-state index contributed by atoms with van der Waals surface area (Å²) in [5.41, 5.74) is 25.0. The smallest absolute Gasteiger partial charge is 0.238 e. The Balaban J connectivity index is 0.982. The van der Waals surface area contributed by atoms with Gasteiger partial charge in [-0.25, -0.2) is 4.98 Å². The molecule has 4 heteroatoms. The molecule has 0 N–H and O–H groups in total. The van der Waals surface area contributed by atoms with Gasteiger partial charge in [-0.2, -0.15) is 9.97 Å². The van der Waals surface area contributed by atoms with Gasteiger partial charge in [-0.3, -0.25) is 4.57 Å². The van der Waals surface area contributed by atoms with Crippen molar-refractivity contribution in [3.63, 3.8) is 0 Å². The molecule has 2 aliphatic carbocycles. The number of allylic oxidation sites excluding steroid dienone is 4. The van der Waals surface area contributed by atoms with Crippen LogP contribution in [0.4, 0.5) is 0 Å². The third-order valence-corrected chi connectivity index (χ3v) is 18.8. The summed E-state index contributed by atoms with van der Waals surface area (Å²) in [4.78, 5) is 17.3. The van der Waals surface area contributed by atoms with Gasteiger partial charge in [0.2, 0.25) is 5.95 Å². The van der Waals surface area contributed by atoms with E-state index in [9.17, 15) is 0 Å². The minimum Gasteiger partial charge on any atom is -0.278 e. The Kier molecular flexibility index (Phi) is 13.5. The largest absolute Gasteiger partial charge is 0.278 e. The second-order valence-corrected chi connectivity index (χ2v) is 24.2. The molecule has 92 heavy (non-hydrogen) atoms. The minimum atomic E-state index is -0.668. The van der Waals surface area contributed by atoms with E-state index in [1.165, 1.54) is 50.1 Å². The Morgan fingerprint density at radius 3 is 1.17 bits per heavy atom. The van der Waals surface area contributed by atoms with Gasteiger partial charge in [-0.05, 0) is 179 Å². The lowest BCUT2D eigenvalue weighted by Crippen LogP contribution is -2.28. The molecule has 0 bridgehead atoms. The van der Waals surface area contributed by atoms with Crippen LogP contribution in [0.5, 0.6) is 0 Å². The summed E-state index contributed by atoms with van der Waals surface area (Å²) in [7, 11) is 0. The summed E-state index contributed by atoms with van der Waals surface area (Å²) < 4.78 is 2.33. The molecule has 432 valence electrons. The first-order valence-corrected chi connectivity index (χ1v) is 31.7. The van der Waals surface area contributed by atoms with Crippen molar-refractivity contribution in [2.24, 2.45) is 0 Å². The zero-order valence-corrected chi connectivity index (χ0v) is 50.5. The Bertz CT molecular complexity index is 5030. The van der Waals surface area contributed by atoms with Crippen molar-refractivity contribution < 1.29 is 0 Å². The molecule has 0 saturated carbocycles. The highest BCUT2D eigenvalue weighted by molar-refractivity contribution is 6.13. The van der Waals surface area contributed by atoms with E-state index >= 15 is 0 Å². The van der Waals surface area contributed by atoms with Gasteiger partial charge in [-0.1, -0.05) is 279 Å². The molecule has 0 spiro atoms. The van der Waals surface area contributed by atoms with Gasteiger partial charge in [-0.15, -0.1) is 0 Å². The maximum absolute atomic E-state index is 5.81.